The van der Waals surface area contributed by atoms with Crippen LogP contribution in [0, 0.1) is 11.3 Å². The molecule has 1 heterocycles. The highest BCUT2D eigenvalue weighted by Gasteiger charge is 2.39. The number of carbonyl (C=O) groups excluding carboxylic acids is 2. The van der Waals surface area contributed by atoms with Gasteiger partial charge in [0.15, 0.2) is 5.57 Å². The highest BCUT2D eigenvalue weighted by atomic mass is 35.5. The Morgan fingerprint density at radius 2 is 1.91 bits per heavy atom. The molecule has 1 saturated heterocycles. The van der Waals surface area contributed by atoms with Crippen molar-refractivity contribution in [1.82, 2.24) is 0 Å². The SMILES string of the molecule is COc1ccc(C#N)c(NC=C2C(=O)OC(C)(C)OC2=O)c1Cl. The lowest BCUT2D eigenvalue weighted by atomic mass is 10.1. The summed E-state index contributed by atoms with van der Waals surface area (Å²) in [6.45, 7) is 2.89. The van der Waals surface area contributed by atoms with Crippen LogP contribution < -0.4 is 10.1 Å². The van der Waals surface area contributed by atoms with Gasteiger partial charge in [0.05, 0.1) is 18.4 Å². The van der Waals surface area contributed by atoms with Gasteiger partial charge >= 0.3 is 11.9 Å². The summed E-state index contributed by atoms with van der Waals surface area (Å²) in [5, 5.41) is 11.9. The Hall–Kier alpha value is -2.72. The zero-order valence-electron chi connectivity index (χ0n) is 12.6. The van der Waals surface area contributed by atoms with Gasteiger partial charge in [0, 0.05) is 20.0 Å². The van der Waals surface area contributed by atoms with Crippen molar-refractivity contribution < 1.29 is 23.8 Å². The zero-order chi connectivity index (χ0) is 17.2. The van der Waals surface area contributed by atoms with E-state index < -0.39 is 17.7 Å². The molecule has 1 aromatic rings. The average Bonchev–Trinajstić information content (AvgIpc) is 2.46. The number of nitriles is 1. The number of rotatable bonds is 3. The van der Waals surface area contributed by atoms with Crippen molar-refractivity contribution in [1.29, 1.82) is 5.26 Å². The van der Waals surface area contributed by atoms with Crippen molar-refractivity contribution in [2.24, 2.45) is 0 Å². The Bertz CT molecular complexity index is 727. The van der Waals surface area contributed by atoms with Crippen LogP contribution in [0.5, 0.6) is 5.75 Å². The number of esters is 2. The molecule has 120 valence electrons. The second kappa shape index (κ2) is 6.18. The Morgan fingerprint density at radius 1 is 1.30 bits per heavy atom. The highest BCUT2D eigenvalue weighted by Crippen LogP contribution is 2.35. The van der Waals surface area contributed by atoms with Crippen LogP contribution in [0.25, 0.3) is 0 Å². The molecule has 1 aromatic carbocycles. The van der Waals surface area contributed by atoms with Crippen LogP contribution in [0.15, 0.2) is 23.9 Å². The van der Waals surface area contributed by atoms with Gasteiger partial charge in [0.1, 0.15) is 16.8 Å². The molecule has 0 aliphatic carbocycles. The maximum absolute atomic E-state index is 11.9. The first kappa shape index (κ1) is 16.6. The number of halogens is 1. The van der Waals surface area contributed by atoms with Crippen molar-refractivity contribution in [3.8, 4) is 11.8 Å². The van der Waals surface area contributed by atoms with E-state index in [1.165, 1.54) is 33.1 Å². The normalized spacial score (nSPS) is 16.0. The van der Waals surface area contributed by atoms with E-state index in [9.17, 15) is 9.59 Å². The van der Waals surface area contributed by atoms with Crippen LogP contribution in [-0.2, 0) is 19.1 Å². The summed E-state index contributed by atoms with van der Waals surface area (Å²) >= 11 is 6.13. The first-order valence-corrected chi connectivity index (χ1v) is 6.87. The maximum atomic E-state index is 11.9. The summed E-state index contributed by atoms with van der Waals surface area (Å²) in [6, 6.07) is 4.97. The molecule has 0 bridgehead atoms. The molecule has 0 spiro atoms. The van der Waals surface area contributed by atoms with Crippen molar-refractivity contribution in [2.75, 3.05) is 12.4 Å². The Labute approximate surface area is 137 Å². The Balaban J connectivity index is 2.35. The zero-order valence-corrected chi connectivity index (χ0v) is 13.4. The van der Waals surface area contributed by atoms with Crippen LogP contribution in [0.3, 0.4) is 0 Å². The molecule has 2 rings (SSSR count). The highest BCUT2D eigenvalue weighted by molar-refractivity contribution is 6.35. The minimum atomic E-state index is -1.32. The molecule has 0 radical (unpaired) electrons. The molecule has 8 heteroatoms. The molecule has 0 unspecified atom stereocenters. The van der Waals surface area contributed by atoms with Gasteiger partial charge in [-0.2, -0.15) is 5.26 Å². The molecule has 23 heavy (non-hydrogen) atoms. The standard InChI is InChI=1S/C15H13ClN2O5/c1-15(2)22-13(19)9(14(20)23-15)7-18-12-8(6-17)4-5-10(21-3)11(12)16/h4-5,7,18H,1-3H3. The fourth-order valence-corrected chi connectivity index (χ4v) is 2.17. The lowest BCUT2D eigenvalue weighted by Gasteiger charge is -2.29. The number of carbonyl (C=O) groups is 2. The third-order valence-electron chi connectivity index (χ3n) is 2.92. The van der Waals surface area contributed by atoms with Gasteiger partial charge in [-0.05, 0) is 12.1 Å². The van der Waals surface area contributed by atoms with Gasteiger partial charge in [-0.25, -0.2) is 9.59 Å². The quantitative estimate of drug-likeness (QED) is 0.514. The smallest absolute Gasteiger partial charge is 0.350 e. The van der Waals surface area contributed by atoms with Crippen LogP contribution in [0.1, 0.15) is 19.4 Å². The van der Waals surface area contributed by atoms with Gasteiger partial charge < -0.3 is 19.5 Å². The van der Waals surface area contributed by atoms with Gasteiger partial charge in [0.2, 0.25) is 0 Å². The largest absolute Gasteiger partial charge is 0.495 e. The lowest BCUT2D eigenvalue weighted by Crippen LogP contribution is -2.42. The fraction of sp³-hybridized carbons (Fsp3) is 0.267. The molecule has 1 aliphatic rings. The van der Waals surface area contributed by atoms with Gasteiger partial charge in [-0.3, -0.25) is 0 Å². The summed E-state index contributed by atoms with van der Waals surface area (Å²) in [5.41, 5.74) is 0.0732. The van der Waals surface area contributed by atoms with Gasteiger partial charge in [-0.15, -0.1) is 0 Å². The monoisotopic (exact) mass is 336 g/mol. The van der Waals surface area contributed by atoms with E-state index in [0.717, 1.165) is 6.20 Å². The van der Waals surface area contributed by atoms with Gasteiger partial charge in [0.25, 0.3) is 5.79 Å². The molecular weight excluding hydrogens is 324 g/mol. The predicted octanol–water partition coefficient (Wildman–Crippen LogP) is 2.35. The minimum absolute atomic E-state index is 0.140. The van der Waals surface area contributed by atoms with Crippen molar-refractivity contribution in [3.05, 3.63) is 34.5 Å². The summed E-state index contributed by atoms with van der Waals surface area (Å²) in [5.74, 6) is -2.66. The Kier molecular flexibility index (Phi) is 4.48. The average molecular weight is 337 g/mol. The van der Waals surface area contributed by atoms with Crippen molar-refractivity contribution >= 4 is 29.2 Å². The van der Waals surface area contributed by atoms with E-state index >= 15 is 0 Å². The third kappa shape index (κ3) is 3.38. The molecule has 0 aromatic heterocycles. The number of nitrogens with zero attached hydrogens (tertiary/aromatic N) is 1. The molecular formula is C15H13ClN2O5. The number of cyclic esters (lactones) is 2. The number of hydrogen-bond donors (Lipinski definition) is 1. The van der Waals surface area contributed by atoms with E-state index in [-0.39, 0.29) is 21.8 Å². The predicted molar refractivity (Wildman–Crippen MR) is 80.7 cm³/mol. The summed E-state index contributed by atoms with van der Waals surface area (Å²) in [6.07, 6.45) is 1.08. The summed E-state index contributed by atoms with van der Waals surface area (Å²) in [7, 11) is 1.42. The second-order valence-corrected chi connectivity index (χ2v) is 5.38. The van der Waals surface area contributed by atoms with Gasteiger partial charge in [-0.1, -0.05) is 11.6 Å². The van der Waals surface area contributed by atoms with Crippen molar-refractivity contribution in [3.63, 3.8) is 0 Å². The topological polar surface area (TPSA) is 97.7 Å². The molecule has 0 atom stereocenters. The second-order valence-electron chi connectivity index (χ2n) is 5.00. The fourth-order valence-electron chi connectivity index (χ4n) is 1.87. The van der Waals surface area contributed by atoms with Crippen molar-refractivity contribution in [2.45, 2.75) is 19.6 Å². The third-order valence-corrected chi connectivity index (χ3v) is 3.30. The molecule has 1 fully saturated rings. The van der Waals surface area contributed by atoms with Crippen LogP contribution in [0.2, 0.25) is 5.02 Å². The number of ether oxygens (including phenoxy) is 3. The number of nitrogens with one attached hydrogen (secondary N) is 1. The first-order valence-electron chi connectivity index (χ1n) is 6.49. The Morgan fingerprint density at radius 3 is 2.43 bits per heavy atom. The van der Waals surface area contributed by atoms with E-state index in [4.69, 9.17) is 31.1 Å². The van der Waals surface area contributed by atoms with Crippen LogP contribution >= 0.6 is 11.6 Å². The van der Waals surface area contributed by atoms with E-state index in [1.807, 2.05) is 6.07 Å². The first-order chi connectivity index (χ1) is 10.8. The number of benzene rings is 1. The molecule has 1 aliphatic heterocycles. The molecule has 0 saturated carbocycles. The van der Waals surface area contributed by atoms with E-state index in [1.54, 1.807) is 0 Å². The van der Waals surface area contributed by atoms with Crippen LogP contribution in [-0.4, -0.2) is 24.8 Å². The lowest BCUT2D eigenvalue weighted by molar-refractivity contribution is -0.222. The summed E-state index contributed by atoms with van der Waals surface area (Å²) < 4.78 is 15.0. The molecule has 1 N–H and O–H groups in total. The molecule has 0 amide bonds. The summed E-state index contributed by atoms with van der Waals surface area (Å²) in [4.78, 5) is 23.7. The minimum Gasteiger partial charge on any atom is -0.495 e. The van der Waals surface area contributed by atoms with E-state index in [0.29, 0.717) is 5.75 Å². The molecule has 7 nitrogen and oxygen atoms in total. The number of anilines is 1. The number of methoxy groups -OCH3 is 1. The van der Waals surface area contributed by atoms with Crippen LogP contribution in [0.4, 0.5) is 5.69 Å². The van der Waals surface area contributed by atoms with E-state index in [2.05, 4.69) is 5.32 Å². The maximum Gasteiger partial charge on any atom is 0.350 e. The number of hydrogen-bond acceptors (Lipinski definition) is 7.